The Labute approximate surface area is 162 Å². The zero-order valence-electron chi connectivity index (χ0n) is 15.5. The molecule has 0 aromatic heterocycles. The van der Waals surface area contributed by atoms with Crippen molar-refractivity contribution in [2.75, 3.05) is 12.4 Å². The monoisotopic (exact) mass is 379 g/mol. The van der Waals surface area contributed by atoms with Gasteiger partial charge in [-0.05, 0) is 67.3 Å². The highest BCUT2D eigenvalue weighted by Crippen LogP contribution is 2.57. The lowest BCUT2D eigenvalue weighted by atomic mass is 9.79. The van der Waals surface area contributed by atoms with Crippen LogP contribution in [-0.2, 0) is 14.3 Å². The van der Waals surface area contributed by atoms with E-state index in [1.165, 1.54) is 0 Å². The van der Waals surface area contributed by atoms with Crippen LogP contribution in [0.3, 0.4) is 0 Å². The minimum absolute atomic E-state index is 0.0425. The van der Waals surface area contributed by atoms with Gasteiger partial charge in [0.25, 0.3) is 0 Å². The van der Waals surface area contributed by atoms with E-state index in [1.807, 2.05) is 24.3 Å². The number of hydrogen-bond acceptors (Lipinski definition) is 5. The van der Waals surface area contributed by atoms with Crippen LogP contribution in [0.2, 0.25) is 0 Å². The molecule has 28 heavy (non-hydrogen) atoms. The van der Waals surface area contributed by atoms with Gasteiger partial charge in [-0.1, -0.05) is 0 Å². The van der Waals surface area contributed by atoms with Gasteiger partial charge in [0, 0.05) is 11.6 Å². The molecule has 144 valence electrons. The van der Waals surface area contributed by atoms with Crippen LogP contribution in [0, 0.1) is 23.7 Å². The Morgan fingerprint density at radius 2 is 1.64 bits per heavy atom. The van der Waals surface area contributed by atoms with E-state index >= 15 is 0 Å². The van der Waals surface area contributed by atoms with Gasteiger partial charge in [0.05, 0.1) is 18.9 Å². The zero-order chi connectivity index (χ0) is 19.3. The topological polar surface area (TPSA) is 73.9 Å². The molecule has 1 N–H and O–H groups in total. The molecule has 1 amide bonds. The maximum absolute atomic E-state index is 12.8. The Hall–Kier alpha value is -3.02. The third-order valence-corrected chi connectivity index (χ3v) is 6.20. The summed E-state index contributed by atoms with van der Waals surface area (Å²) in [7, 11) is 1.62. The highest BCUT2D eigenvalue weighted by atomic mass is 16.6. The van der Waals surface area contributed by atoms with Crippen molar-refractivity contribution in [3.8, 4) is 17.2 Å². The molecule has 2 saturated carbocycles. The van der Waals surface area contributed by atoms with Gasteiger partial charge in [-0.25, -0.2) is 0 Å². The highest BCUT2D eigenvalue weighted by molar-refractivity contribution is 5.97. The predicted octanol–water partition coefficient (Wildman–Crippen LogP) is 3.62. The van der Waals surface area contributed by atoms with Crippen LogP contribution in [0.5, 0.6) is 17.2 Å². The van der Waals surface area contributed by atoms with Gasteiger partial charge in [0.15, 0.2) is 0 Å². The number of hydrogen-bond donors (Lipinski definition) is 1. The molecule has 2 bridgehead atoms. The van der Waals surface area contributed by atoms with E-state index in [0.717, 1.165) is 18.6 Å². The highest BCUT2D eigenvalue weighted by Gasteiger charge is 2.63. The molecule has 0 radical (unpaired) electrons. The van der Waals surface area contributed by atoms with E-state index in [2.05, 4.69) is 5.32 Å². The summed E-state index contributed by atoms with van der Waals surface area (Å²) in [5.74, 6) is 1.81. The largest absolute Gasteiger partial charge is 0.497 e. The summed E-state index contributed by atoms with van der Waals surface area (Å²) in [4.78, 5) is 24.9. The molecule has 0 spiro atoms. The lowest BCUT2D eigenvalue weighted by Crippen LogP contribution is -2.35. The Bertz CT molecular complexity index is 906. The summed E-state index contributed by atoms with van der Waals surface area (Å²) in [6, 6.07) is 14.5. The number of anilines is 1. The lowest BCUT2D eigenvalue weighted by molar-refractivity contribution is -0.145. The molecule has 6 heteroatoms. The Balaban J connectivity index is 1.24. The normalized spacial score (nSPS) is 29.5. The molecule has 2 aromatic rings. The van der Waals surface area contributed by atoms with Gasteiger partial charge in [0.2, 0.25) is 5.91 Å². The van der Waals surface area contributed by atoms with E-state index in [9.17, 15) is 9.59 Å². The fourth-order valence-electron chi connectivity index (χ4n) is 4.97. The summed E-state index contributed by atoms with van der Waals surface area (Å²) in [5.41, 5.74) is 0.692. The maximum atomic E-state index is 12.8. The predicted molar refractivity (Wildman–Crippen MR) is 101 cm³/mol. The standard InChI is InChI=1S/C22H21NO5/c1-26-14-6-8-16(9-7-14)27-15-4-2-13(3-5-15)23-21(24)19-12-10-17-18(11-12)28-22(25)20(17)19/h2-9,12,17-20H,10-11H2,1H3,(H,23,24)/t12-,17-,18-,19+,20+/m1/s1. The van der Waals surface area contributed by atoms with Crippen LogP contribution in [0.25, 0.3) is 0 Å². The Morgan fingerprint density at radius 1 is 1.00 bits per heavy atom. The van der Waals surface area contributed by atoms with E-state index in [0.29, 0.717) is 17.2 Å². The van der Waals surface area contributed by atoms with Crippen molar-refractivity contribution in [2.24, 2.45) is 23.7 Å². The molecule has 6 nitrogen and oxygen atoms in total. The van der Waals surface area contributed by atoms with Crippen molar-refractivity contribution >= 4 is 17.6 Å². The van der Waals surface area contributed by atoms with E-state index in [1.54, 1.807) is 31.4 Å². The second-order valence-corrected chi connectivity index (χ2v) is 7.71. The fraction of sp³-hybridized carbons (Fsp3) is 0.364. The second kappa shape index (κ2) is 6.55. The smallest absolute Gasteiger partial charge is 0.310 e. The molecule has 5 rings (SSSR count). The SMILES string of the molecule is COc1ccc(Oc2ccc(NC(=O)[C@H]3[C@@H]4C[C@H]5[C@@H]3C(=O)O[C@@H]5C4)cc2)cc1. The Kier molecular flexibility index (Phi) is 4.00. The molecule has 1 saturated heterocycles. The van der Waals surface area contributed by atoms with Crippen LogP contribution in [-0.4, -0.2) is 25.1 Å². The van der Waals surface area contributed by atoms with Gasteiger partial charge >= 0.3 is 5.97 Å². The average Bonchev–Trinajstić information content (AvgIpc) is 3.33. The number of benzene rings is 2. The van der Waals surface area contributed by atoms with Crippen molar-refractivity contribution in [1.82, 2.24) is 0 Å². The van der Waals surface area contributed by atoms with Crippen LogP contribution in [0.15, 0.2) is 48.5 Å². The molecule has 2 aliphatic carbocycles. The van der Waals surface area contributed by atoms with Gasteiger partial charge in [-0.2, -0.15) is 0 Å². The molecule has 1 heterocycles. The van der Waals surface area contributed by atoms with Crippen molar-refractivity contribution < 1.29 is 23.8 Å². The summed E-state index contributed by atoms with van der Waals surface area (Å²) in [6.45, 7) is 0. The van der Waals surface area contributed by atoms with Crippen molar-refractivity contribution in [3.63, 3.8) is 0 Å². The van der Waals surface area contributed by atoms with Gasteiger partial charge < -0.3 is 19.5 Å². The van der Waals surface area contributed by atoms with Crippen molar-refractivity contribution in [2.45, 2.75) is 18.9 Å². The first-order valence-corrected chi connectivity index (χ1v) is 9.56. The second-order valence-electron chi connectivity index (χ2n) is 7.71. The molecule has 5 atom stereocenters. The number of methoxy groups -OCH3 is 1. The molecule has 0 unspecified atom stereocenters. The van der Waals surface area contributed by atoms with Crippen molar-refractivity contribution in [1.29, 1.82) is 0 Å². The quantitative estimate of drug-likeness (QED) is 0.803. The number of esters is 1. The third-order valence-electron chi connectivity index (χ3n) is 6.20. The lowest BCUT2D eigenvalue weighted by Gasteiger charge is -2.23. The minimum atomic E-state index is -0.272. The maximum Gasteiger partial charge on any atom is 0.310 e. The van der Waals surface area contributed by atoms with Crippen LogP contribution in [0.4, 0.5) is 5.69 Å². The van der Waals surface area contributed by atoms with Gasteiger partial charge in [-0.3, -0.25) is 9.59 Å². The molecule has 3 fully saturated rings. The van der Waals surface area contributed by atoms with E-state index in [-0.39, 0.29) is 41.7 Å². The number of carbonyl (C=O) groups is 2. The number of rotatable bonds is 5. The Morgan fingerprint density at radius 3 is 2.32 bits per heavy atom. The van der Waals surface area contributed by atoms with Crippen LogP contribution in [0.1, 0.15) is 12.8 Å². The van der Waals surface area contributed by atoms with Crippen LogP contribution < -0.4 is 14.8 Å². The first-order chi connectivity index (χ1) is 13.6. The summed E-state index contributed by atoms with van der Waals surface area (Å²) in [6.07, 6.45) is 1.79. The van der Waals surface area contributed by atoms with E-state index in [4.69, 9.17) is 14.2 Å². The first-order valence-electron chi connectivity index (χ1n) is 9.56. The number of nitrogens with one attached hydrogen (secondary N) is 1. The van der Waals surface area contributed by atoms with Crippen molar-refractivity contribution in [3.05, 3.63) is 48.5 Å². The number of ether oxygens (including phenoxy) is 3. The van der Waals surface area contributed by atoms with E-state index < -0.39 is 0 Å². The minimum Gasteiger partial charge on any atom is -0.497 e. The molecular weight excluding hydrogens is 358 g/mol. The number of fused-ring (bicyclic) bond motifs is 1. The fourth-order valence-corrected chi connectivity index (χ4v) is 4.97. The zero-order valence-corrected chi connectivity index (χ0v) is 15.5. The molecule has 2 aromatic carbocycles. The summed E-state index contributed by atoms with van der Waals surface area (Å²) >= 11 is 0. The molecule has 1 aliphatic heterocycles. The third kappa shape index (κ3) is 2.80. The molecular formula is C22H21NO5. The van der Waals surface area contributed by atoms with Gasteiger partial charge in [0.1, 0.15) is 23.4 Å². The molecule has 3 aliphatic rings. The first kappa shape index (κ1) is 17.1. The number of carbonyl (C=O) groups excluding carboxylic acids is 2. The average molecular weight is 379 g/mol. The number of amides is 1. The van der Waals surface area contributed by atoms with Crippen LogP contribution >= 0.6 is 0 Å². The van der Waals surface area contributed by atoms with Gasteiger partial charge in [-0.15, -0.1) is 0 Å². The summed E-state index contributed by atoms with van der Waals surface area (Å²) in [5, 5.41) is 2.96. The summed E-state index contributed by atoms with van der Waals surface area (Å²) < 4.78 is 16.3.